The van der Waals surface area contributed by atoms with E-state index in [4.69, 9.17) is 16.3 Å². The lowest BCUT2D eigenvalue weighted by atomic mass is 9.96. The topological polar surface area (TPSA) is 67.4 Å². The Hall–Kier alpha value is -1.82. The predicted octanol–water partition coefficient (Wildman–Crippen LogP) is 5.14. The second-order valence-electron chi connectivity index (χ2n) is 8.02. The highest BCUT2D eigenvalue weighted by molar-refractivity contribution is 6.32. The molecule has 0 unspecified atom stereocenters. The molecule has 1 saturated carbocycles. The maximum atomic E-state index is 12.3. The fourth-order valence-electron chi connectivity index (χ4n) is 3.05. The average Bonchev–Trinajstić information content (AvgIpc) is 2.60. The van der Waals surface area contributed by atoms with Crippen molar-refractivity contribution < 1.29 is 9.53 Å². The number of likely N-dealkylation sites (N-methyl/N-ethyl adjacent to an activating group) is 1. The van der Waals surface area contributed by atoms with Gasteiger partial charge < -0.3 is 15.0 Å². The third-order valence-corrected chi connectivity index (χ3v) is 4.72. The molecule has 1 aliphatic rings. The summed E-state index contributed by atoms with van der Waals surface area (Å²) in [6.45, 7) is 7.80. The molecule has 1 aromatic rings. The standard InChI is InChI=1S/C20H31ClN4O2/c1-6-14(13-25(5)19(26)27-20(2,3)4)17-16(21)12-22-18(24-17)23-15-10-8-7-9-11-15/h6,12,15H,7-11,13H2,1-5H3,(H,22,23,24)/b14-6+. The van der Waals surface area contributed by atoms with Crippen molar-refractivity contribution in [2.45, 2.75) is 71.4 Å². The molecule has 1 fully saturated rings. The molecule has 1 N–H and O–H groups in total. The number of carbonyl (C=O) groups excluding carboxylic acids is 1. The zero-order valence-electron chi connectivity index (χ0n) is 17.0. The van der Waals surface area contributed by atoms with E-state index in [0.29, 0.717) is 29.3 Å². The van der Waals surface area contributed by atoms with Crippen LogP contribution in [0.25, 0.3) is 5.57 Å². The van der Waals surface area contributed by atoms with Crippen LogP contribution in [0.15, 0.2) is 12.3 Å². The molecule has 27 heavy (non-hydrogen) atoms. The third-order valence-electron chi connectivity index (χ3n) is 4.45. The smallest absolute Gasteiger partial charge is 0.410 e. The Morgan fingerprint density at radius 1 is 1.37 bits per heavy atom. The minimum absolute atomic E-state index is 0.352. The van der Waals surface area contributed by atoms with Gasteiger partial charge in [-0.05, 0) is 46.1 Å². The number of amides is 1. The van der Waals surface area contributed by atoms with Crippen LogP contribution in [0.3, 0.4) is 0 Å². The molecule has 1 amide bonds. The quantitative estimate of drug-likeness (QED) is 0.748. The number of halogens is 1. The summed E-state index contributed by atoms with van der Waals surface area (Å²) < 4.78 is 5.42. The van der Waals surface area contributed by atoms with Crippen LogP contribution in [-0.4, -0.2) is 46.2 Å². The van der Waals surface area contributed by atoms with E-state index in [9.17, 15) is 4.79 Å². The van der Waals surface area contributed by atoms with Gasteiger partial charge in [-0.3, -0.25) is 0 Å². The highest BCUT2D eigenvalue weighted by atomic mass is 35.5. The van der Waals surface area contributed by atoms with E-state index in [2.05, 4.69) is 15.3 Å². The Kier molecular flexibility index (Phi) is 7.48. The highest BCUT2D eigenvalue weighted by Gasteiger charge is 2.22. The maximum Gasteiger partial charge on any atom is 0.410 e. The van der Waals surface area contributed by atoms with Crippen LogP contribution in [0.1, 0.15) is 65.5 Å². The number of carbonyl (C=O) groups is 1. The number of aromatic nitrogens is 2. The second kappa shape index (κ2) is 9.40. The Morgan fingerprint density at radius 3 is 2.63 bits per heavy atom. The lowest BCUT2D eigenvalue weighted by Crippen LogP contribution is -2.35. The SMILES string of the molecule is C/C=C(\CN(C)C(=O)OC(C)(C)C)c1nc(NC2CCCCC2)ncc1Cl. The van der Waals surface area contributed by atoms with Gasteiger partial charge in [0.2, 0.25) is 5.95 Å². The molecular formula is C20H31ClN4O2. The van der Waals surface area contributed by atoms with Crippen molar-refractivity contribution in [3.05, 3.63) is 23.0 Å². The number of rotatable bonds is 5. The zero-order chi connectivity index (χ0) is 20.0. The second-order valence-corrected chi connectivity index (χ2v) is 8.43. The predicted molar refractivity (Wildman–Crippen MR) is 110 cm³/mol. The number of anilines is 1. The average molecular weight is 395 g/mol. The van der Waals surface area contributed by atoms with Gasteiger partial charge in [-0.15, -0.1) is 0 Å². The zero-order valence-corrected chi connectivity index (χ0v) is 17.8. The fraction of sp³-hybridized carbons (Fsp3) is 0.650. The number of hydrogen-bond acceptors (Lipinski definition) is 5. The van der Waals surface area contributed by atoms with E-state index in [0.717, 1.165) is 18.4 Å². The number of allylic oxidation sites excluding steroid dienone is 1. The summed E-state index contributed by atoms with van der Waals surface area (Å²) in [5, 5.41) is 3.89. The van der Waals surface area contributed by atoms with Crippen molar-refractivity contribution in [3.8, 4) is 0 Å². The monoisotopic (exact) mass is 394 g/mol. The summed E-state index contributed by atoms with van der Waals surface area (Å²) in [5.41, 5.74) is 0.954. The van der Waals surface area contributed by atoms with Crippen molar-refractivity contribution in [3.63, 3.8) is 0 Å². The van der Waals surface area contributed by atoms with Crippen LogP contribution in [0.5, 0.6) is 0 Å². The molecule has 150 valence electrons. The van der Waals surface area contributed by atoms with Crippen LogP contribution in [0.2, 0.25) is 5.02 Å². The van der Waals surface area contributed by atoms with E-state index < -0.39 is 5.60 Å². The van der Waals surface area contributed by atoms with Gasteiger partial charge in [0.1, 0.15) is 5.60 Å². The summed E-state index contributed by atoms with van der Waals surface area (Å²) in [6, 6.07) is 0.409. The molecule has 0 bridgehead atoms. The van der Waals surface area contributed by atoms with E-state index in [1.807, 2.05) is 33.8 Å². The number of nitrogens with one attached hydrogen (secondary N) is 1. The normalized spacial score (nSPS) is 16.1. The number of nitrogens with zero attached hydrogens (tertiary/aromatic N) is 3. The Balaban J connectivity index is 2.11. The summed E-state index contributed by atoms with van der Waals surface area (Å²) in [6.07, 6.45) is 9.19. The molecule has 0 atom stereocenters. The minimum Gasteiger partial charge on any atom is -0.444 e. The number of hydrogen-bond donors (Lipinski definition) is 1. The molecule has 0 saturated heterocycles. The van der Waals surface area contributed by atoms with Gasteiger partial charge in [-0.1, -0.05) is 36.9 Å². The highest BCUT2D eigenvalue weighted by Crippen LogP contribution is 2.25. The van der Waals surface area contributed by atoms with Crippen molar-refractivity contribution in [2.75, 3.05) is 18.9 Å². The maximum absolute atomic E-state index is 12.3. The first-order chi connectivity index (χ1) is 12.7. The summed E-state index contributed by atoms with van der Waals surface area (Å²) in [4.78, 5) is 22.7. The molecule has 0 spiro atoms. The lowest BCUT2D eigenvalue weighted by molar-refractivity contribution is 0.0321. The molecule has 6 nitrogen and oxygen atoms in total. The molecule has 2 rings (SSSR count). The first-order valence-corrected chi connectivity index (χ1v) is 9.96. The summed E-state index contributed by atoms with van der Waals surface area (Å²) >= 11 is 6.35. The van der Waals surface area contributed by atoms with Gasteiger partial charge in [-0.2, -0.15) is 0 Å². The van der Waals surface area contributed by atoms with Gasteiger partial charge in [-0.25, -0.2) is 14.8 Å². The van der Waals surface area contributed by atoms with Crippen LogP contribution in [-0.2, 0) is 4.74 Å². The van der Waals surface area contributed by atoms with Crippen molar-refractivity contribution >= 4 is 29.2 Å². The van der Waals surface area contributed by atoms with E-state index in [-0.39, 0.29) is 6.09 Å². The van der Waals surface area contributed by atoms with Crippen molar-refractivity contribution in [2.24, 2.45) is 0 Å². The summed E-state index contributed by atoms with van der Waals surface area (Å²) in [7, 11) is 1.70. The van der Waals surface area contributed by atoms with Gasteiger partial charge in [0.25, 0.3) is 0 Å². The van der Waals surface area contributed by atoms with Crippen LogP contribution in [0, 0.1) is 0 Å². The van der Waals surface area contributed by atoms with Crippen LogP contribution < -0.4 is 5.32 Å². The fourth-order valence-corrected chi connectivity index (χ4v) is 3.27. The van der Waals surface area contributed by atoms with Gasteiger partial charge in [0, 0.05) is 13.1 Å². The van der Waals surface area contributed by atoms with Crippen LogP contribution >= 0.6 is 11.6 Å². The molecular weight excluding hydrogens is 364 g/mol. The minimum atomic E-state index is -0.537. The largest absolute Gasteiger partial charge is 0.444 e. The third kappa shape index (κ3) is 6.69. The van der Waals surface area contributed by atoms with E-state index >= 15 is 0 Å². The molecule has 1 aliphatic carbocycles. The summed E-state index contributed by atoms with van der Waals surface area (Å²) in [5.74, 6) is 0.584. The van der Waals surface area contributed by atoms with Gasteiger partial charge in [0.05, 0.1) is 23.5 Å². The van der Waals surface area contributed by atoms with Gasteiger partial charge in [0.15, 0.2) is 0 Å². The van der Waals surface area contributed by atoms with Gasteiger partial charge >= 0.3 is 6.09 Å². The molecule has 0 aliphatic heterocycles. The Labute approximate surface area is 167 Å². The first-order valence-electron chi connectivity index (χ1n) is 9.58. The Bertz CT molecular complexity index is 679. The van der Waals surface area contributed by atoms with E-state index in [1.54, 1.807) is 13.2 Å². The first kappa shape index (κ1) is 21.5. The Morgan fingerprint density at radius 2 is 2.04 bits per heavy atom. The molecule has 0 radical (unpaired) electrons. The van der Waals surface area contributed by atoms with E-state index in [1.165, 1.54) is 24.2 Å². The van der Waals surface area contributed by atoms with Crippen molar-refractivity contribution in [1.82, 2.24) is 14.9 Å². The molecule has 1 heterocycles. The molecule has 7 heteroatoms. The lowest BCUT2D eigenvalue weighted by Gasteiger charge is -2.25. The molecule has 1 aromatic heterocycles. The van der Waals surface area contributed by atoms with Crippen LogP contribution in [0.4, 0.5) is 10.7 Å². The van der Waals surface area contributed by atoms with Crippen molar-refractivity contribution in [1.29, 1.82) is 0 Å². The number of ether oxygens (including phenoxy) is 1. The molecule has 0 aromatic carbocycles.